The summed E-state index contributed by atoms with van der Waals surface area (Å²) in [7, 11) is 1.47. The highest BCUT2D eigenvalue weighted by Crippen LogP contribution is 2.30. The van der Waals surface area contributed by atoms with E-state index in [0.29, 0.717) is 27.8 Å². The van der Waals surface area contributed by atoms with Gasteiger partial charge in [0.25, 0.3) is 5.91 Å². The van der Waals surface area contributed by atoms with Crippen LogP contribution in [0, 0.1) is 5.82 Å². The van der Waals surface area contributed by atoms with Crippen LogP contribution < -0.4 is 20.1 Å². The molecule has 184 valence electrons. The number of amides is 4. The first-order chi connectivity index (χ1) is 17.3. The van der Waals surface area contributed by atoms with Gasteiger partial charge in [-0.3, -0.25) is 9.59 Å². The molecular weight excluding hydrogens is 489 g/mol. The summed E-state index contributed by atoms with van der Waals surface area (Å²) in [5.74, 6) is -0.648. The third-order valence-corrected chi connectivity index (χ3v) is 5.45. The van der Waals surface area contributed by atoms with E-state index < -0.39 is 24.4 Å². The summed E-state index contributed by atoms with van der Waals surface area (Å²) in [4.78, 5) is 38.2. The Hall–Kier alpha value is -4.37. The van der Waals surface area contributed by atoms with Crippen molar-refractivity contribution < 1.29 is 28.2 Å². The lowest BCUT2D eigenvalue weighted by Crippen LogP contribution is -2.38. The van der Waals surface area contributed by atoms with E-state index in [1.165, 1.54) is 25.3 Å². The number of halogens is 2. The SMILES string of the molecule is COc1cc(/C=C2\NC(=O)N(CC(=O)Nc3ccc(Cl)cc3)C2=O)ccc1OCc1ccc(F)cc1. The van der Waals surface area contributed by atoms with Gasteiger partial charge in [0.1, 0.15) is 24.7 Å². The Labute approximate surface area is 211 Å². The average molecular weight is 510 g/mol. The van der Waals surface area contributed by atoms with Crippen LogP contribution in [0.4, 0.5) is 14.9 Å². The molecule has 1 fully saturated rings. The van der Waals surface area contributed by atoms with Crippen molar-refractivity contribution in [1.29, 1.82) is 0 Å². The molecule has 2 N–H and O–H groups in total. The monoisotopic (exact) mass is 509 g/mol. The lowest BCUT2D eigenvalue weighted by atomic mass is 10.1. The molecule has 0 spiro atoms. The second-order valence-electron chi connectivity index (χ2n) is 7.76. The molecule has 0 atom stereocenters. The van der Waals surface area contributed by atoms with Gasteiger partial charge in [-0.15, -0.1) is 0 Å². The number of carbonyl (C=O) groups is 3. The van der Waals surface area contributed by atoms with Gasteiger partial charge < -0.3 is 20.1 Å². The van der Waals surface area contributed by atoms with Crippen LogP contribution >= 0.6 is 11.6 Å². The van der Waals surface area contributed by atoms with Crippen molar-refractivity contribution in [1.82, 2.24) is 10.2 Å². The van der Waals surface area contributed by atoms with E-state index in [2.05, 4.69) is 10.6 Å². The summed E-state index contributed by atoms with van der Waals surface area (Å²) in [5.41, 5.74) is 1.85. The number of ether oxygens (including phenoxy) is 2. The standard InChI is InChI=1S/C26H21ClFN3O5/c1-35-23-13-17(4-11-22(23)36-15-16-2-7-19(28)8-3-16)12-21-25(33)31(26(34)30-21)14-24(32)29-20-9-5-18(27)6-10-20/h2-13H,14-15H2,1H3,(H,29,32)(H,30,34)/b21-12-. The third kappa shape index (κ3) is 6.00. The molecule has 0 saturated carbocycles. The molecule has 1 aliphatic rings. The van der Waals surface area contributed by atoms with Crippen LogP contribution in [-0.2, 0) is 16.2 Å². The Kier molecular flexibility index (Phi) is 7.50. The first kappa shape index (κ1) is 24.7. The maximum Gasteiger partial charge on any atom is 0.329 e. The lowest BCUT2D eigenvalue weighted by molar-refractivity contribution is -0.127. The molecule has 0 aliphatic carbocycles. The number of benzene rings is 3. The highest BCUT2D eigenvalue weighted by Gasteiger charge is 2.35. The summed E-state index contributed by atoms with van der Waals surface area (Å²) >= 11 is 5.83. The first-order valence-corrected chi connectivity index (χ1v) is 11.2. The van der Waals surface area contributed by atoms with Gasteiger partial charge in [0.15, 0.2) is 11.5 Å². The molecule has 0 bridgehead atoms. The van der Waals surface area contributed by atoms with Crippen molar-refractivity contribution in [2.24, 2.45) is 0 Å². The molecule has 0 aromatic heterocycles. The minimum atomic E-state index is -0.705. The van der Waals surface area contributed by atoms with Crippen molar-refractivity contribution in [3.05, 3.63) is 94.4 Å². The summed E-state index contributed by atoms with van der Waals surface area (Å²) in [6.45, 7) is -0.247. The van der Waals surface area contributed by atoms with Crippen LogP contribution in [0.1, 0.15) is 11.1 Å². The number of carbonyl (C=O) groups excluding carboxylic acids is 3. The van der Waals surface area contributed by atoms with Gasteiger partial charge in [0.05, 0.1) is 7.11 Å². The van der Waals surface area contributed by atoms with E-state index in [1.807, 2.05) is 0 Å². The molecule has 0 radical (unpaired) electrons. The van der Waals surface area contributed by atoms with Crippen LogP contribution in [0.15, 0.2) is 72.4 Å². The zero-order valence-corrected chi connectivity index (χ0v) is 19.8. The van der Waals surface area contributed by atoms with Crippen molar-refractivity contribution in [3.8, 4) is 11.5 Å². The molecule has 3 aromatic carbocycles. The molecule has 1 saturated heterocycles. The largest absolute Gasteiger partial charge is 0.493 e. The highest BCUT2D eigenvalue weighted by molar-refractivity contribution is 6.30. The van der Waals surface area contributed by atoms with Crippen molar-refractivity contribution in [2.75, 3.05) is 19.0 Å². The number of hydrogen-bond acceptors (Lipinski definition) is 5. The topological polar surface area (TPSA) is 97.0 Å². The van der Waals surface area contributed by atoms with Gasteiger partial charge in [0, 0.05) is 10.7 Å². The van der Waals surface area contributed by atoms with Gasteiger partial charge in [-0.05, 0) is 65.7 Å². The number of rotatable bonds is 8. The van der Waals surface area contributed by atoms with Gasteiger partial charge in [-0.2, -0.15) is 0 Å². The summed E-state index contributed by atoms with van der Waals surface area (Å²) in [5, 5.41) is 5.60. The van der Waals surface area contributed by atoms with E-state index in [-0.39, 0.29) is 18.1 Å². The van der Waals surface area contributed by atoms with Crippen molar-refractivity contribution in [2.45, 2.75) is 6.61 Å². The molecular formula is C26H21ClFN3O5. The molecule has 8 nitrogen and oxygen atoms in total. The Morgan fingerprint density at radius 2 is 1.78 bits per heavy atom. The normalized spacial score (nSPS) is 14.1. The number of methoxy groups -OCH3 is 1. The van der Waals surface area contributed by atoms with Crippen molar-refractivity contribution >= 4 is 41.2 Å². The Morgan fingerprint density at radius 1 is 1.06 bits per heavy atom. The predicted octanol–water partition coefficient (Wildman–Crippen LogP) is 4.60. The molecule has 4 amide bonds. The first-order valence-electron chi connectivity index (χ1n) is 10.8. The third-order valence-electron chi connectivity index (χ3n) is 5.20. The van der Waals surface area contributed by atoms with Gasteiger partial charge >= 0.3 is 6.03 Å². The maximum absolute atomic E-state index is 13.1. The van der Waals surface area contributed by atoms with Crippen LogP contribution in [0.5, 0.6) is 11.5 Å². The minimum absolute atomic E-state index is 0.0151. The summed E-state index contributed by atoms with van der Waals surface area (Å²) < 4.78 is 24.2. The number of hydrogen-bond donors (Lipinski definition) is 2. The van der Waals surface area contributed by atoms with E-state index in [9.17, 15) is 18.8 Å². The van der Waals surface area contributed by atoms with E-state index in [0.717, 1.165) is 10.5 Å². The fourth-order valence-corrected chi connectivity index (χ4v) is 3.52. The fraction of sp³-hybridized carbons (Fsp3) is 0.115. The smallest absolute Gasteiger partial charge is 0.329 e. The van der Waals surface area contributed by atoms with E-state index >= 15 is 0 Å². The quantitative estimate of drug-likeness (QED) is 0.342. The number of nitrogens with zero attached hydrogens (tertiary/aromatic N) is 1. The number of imide groups is 1. The molecule has 3 aromatic rings. The molecule has 1 aliphatic heterocycles. The second-order valence-corrected chi connectivity index (χ2v) is 8.20. The zero-order valence-electron chi connectivity index (χ0n) is 19.1. The van der Waals surface area contributed by atoms with Gasteiger partial charge in [-0.1, -0.05) is 29.8 Å². The number of nitrogens with one attached hydrogen (secondary N) is 2. The van der Waals surface area contributed by atoms with E-state index in [1.54, 1.807) is 54.6 Å². The number of urea groups is 1. The molecule has 4 rings (SSSR count). The Bertz CT molecular complexity index is 1330. The van der Waals surface area contributed by atoms with Gasteiger partial charge in [-0.25, -0.2) is 14.1 Å². The Morgan fingerprint density at radius 3 is 2.47 bits per heavy atom. The van der Waals surface area contributed by atoms with E-state index in [4.69, 9.17) is 21.1 Å². The molecule has 10 heteroatoms. The van der Waals surface area contributed by atoms with Crippen LogP contribution in [-0.4, -0.2) is 36.4 Å². The average Bonchev–Trinajstić information content (AvgIpc) is 3.12. The predicted molar refractivity (Wildman–Crippen MR) is 132 cm³/mol. The Balaban J connectivity index is 1.42. The van der Waals surface area contributed by atoms with Crippen LogP contribution in [0.25, 0.3) is 6.08 Å². The molecule has 1 heterocycles. The second kappa shape index (κ2) is 10.9. The zero-order chi connectivity index (χ0) is 25.7. The van der Waals surface area contributed by atoms with Crippen LogP contribution in [0.3, 0.4) is 0 Å². The molecule has 36 heavy (non-hydrogen) atoms. The van der Waals surface area contributed by atoms with Gasteiger partial charge in [0.2, 0.25) is 5.91 Å². The minimum Gasteiger partial charge on any atom is -0.493 e. The summed E-state index contributed by atoms with van der Waals surface area (Å²) in [6, 6.07) is 16.7. The van der Waals surface area contributed by atoms with Crippen molar-refractivity contribution in [3.63, 3.8) is 0 Å². The highest BCUT2D eigenvalue weighted by atomic mass is 35.5. The number of anilines is 1. The molecule has 0 unspecified atom stereocenters. The maximum atomic E-state index is 13.1. The fourth-order valence-electron chi connectivity index (χ4n) is 3.39. The lowest BCUT2D eigenvalue weighted by Gasteiger charge is -2.12. The summed E-state index contributed by atoms with van der Waals surface area (Å²) in [6.07, 6.45) is 1.48. The van der Waals surface area contributed by atoms with Crippen LogP contribution in [0.2, 0.25) is 5.02 Å².